The fraction of sp³-hybridized carbons (Fsp3) is 0.429. The maximum atomic E-state index is 12.7. The molecule has 3 rings (SSSR count). The summed E-state index contributed by atoms with van der Waals surface area (Å²) in [6.07, 6.45) is 1.11. The number of imide groups is 1. The van der Waals surface area contributed by atoms with Crippen molar-refractivity contribution in [2.45, 2.75) is 45.2 Å². The van der Waals surface area contributed by atoms with Crippen LogP contribution < -0.4 is 10.6 Å². The smallest absolute Gasteiger partial charge is 0.324 e. The minimum absolute atomic E-state index is 0.0422. The number of nitrogens with zero attached hydrogens (tertiary/aromatic N) is 1. The number of urea groups is 1. The number of nitrogens with one attached hydrogen (secondary N) is 1. The minimum Gasteiger partial charge on any atom is -0.336 e. The number of benzene rings is 1. The molecule has 27 heavy (non-hydrogen) atoms. The molecule has 0 unspecified atom stereocenters. The molecule has 1 aromatic heterocycles. The van der Waals surface area contributed by atoms with Crippen molar-refractivity contribution in [2.24, 2.45) is 0 Å². The first-order valence-electron chi connectivity index (χ1n) is 9.58. The number of quaternary nitrogens is 1. The fourth-order valence-electron chi connectivity index (χ4n) is 3.40. The molecule has 2 heterocycles. The third kappa shape index (κ3) is 4.39. The Morgan fingerprint density at radius 1 is 1.22 bits per heavy atom. The van der Waals surface area contributed by atoms with Crippen LogP contribution in [0.5, 0.6) is 0 Å². The van der Waals surface area contributed by atoms with Crippen molar-refractivity contribution in [1.82, 2.24) is 10.2 Å². The zero-order valence-electron chi connectivity index (χ0n) is 16.1. The van der Waals surface area contributed by atoms with E-state index in [0.29, 0.717) is 19.0 Å². The summed E-state index contributed by atoms with van der Waals surface area (Å²) in [5, 5.41) is 6.82. The van der Waals surface area contributed by atoms with Crippen LogP contribution >= 0.6 is 11.3 Å². The lowest BCUT2D eigenvalue weighted by molar-refractivity contribution is -0.704. The fourth-order valence-corrected chi connectivity index (χ4v) is 4.24. The number of hydrogen-bond donors (Lipinski definition) is 2. The van der Waals surface area contributed by atoms with E-state index in [1.165, 1.54) is 20.9 Å². The summed E-state index contributed by atoms with van der Waals surface area (Å²) in [6.45, 7) is 7.29. The number of rotatable bonds is 7. The van der Waals surface area contributed by atoms with E-state index in [4.69, 9.17) is 0 Å². The maximum Gasteiger partial charge on any atom is 0.324 e. The molecule has 3 N–H and O–H groups in total. The predicted octanol–water partition coefficient (Wildman–Crippen LogP) is 2.85. The van der Waals surface area contributed by atoms with Crippen molar-refractivity contribution in [3.05, 3.63) is 57.8 Å². The first kappa shape index (κ1) is 19.6. The van der Waals surface area contributed by atoms with Gasteiger partial charge < -0.3 is 10.6 Å². The van der Waals surface area contributed by atoms with Crippen LogP contribution in [0.15, 0.2) is 41.8 Å². The lowest BCUT2D eigenvalue weighted by Gasteiger charge is -2.22. The summed E-state index contributed by atoms with van der Waals surface area (Å²) < 4.78 is 0. The summed E-state index contributed by atoms with van der Waals surface area (Å²) >= 11 is 1.69. The van der Waals surface area contributed by atoms with Crippen LogP contribution in [-0.2, 0) is 4.79 Å². The molecule has 144 valence electrons. The summed E-state index contributed by atoms with van der Waals surface area (Å²) in [5.74, 6) is 0.403. The number of amides is 3. The monoisotopic (exact) mass is 386 g/mol. The second kappa shape index (κ2) is 8.67. The molecule has 0 spiro atoms. The molecule has 1 saturated heterocycles. The van der Waals surface area contributed by atoms with Gasteiger partial charge in [0, 0.05) is 18.7 Å². The Balaban J connectivity index is 1.80. The van der Waals surface area contributed by atoms with Crippen LogP contribution in [0.4, 0.5) is 4.79 Å². The Morgan fingerprint density at radius 2 is 1.93 bits per heavy atom. The highest BCUT2D eigenvalue weighted by molar-refractivity contribution is 7.10. The molecule has 6 heteroatoms. The number of hydrogen-bond acceptors (Lipinski definition) is 3. The Labute approximate surface area is 164 Å². The molecular formula is C21H28N3O2S+. The van der Waals surface area contributed by atoms with E-state index in [-0.39, 0.29) is 24.0 Å². The molecule has 0 bridgehead atoms. The SMILES string of the molecule is CC[C@@H](C)c1ccc([C@H]([NH2+][C@@H](C)C(=O)N2CCNC2=O)c2cccs2)cc1. The third-order valence-corrected chi connectivity index (χ3v) is 6.28. The minimum atomic E-state index is -0.338. The second-order valence-corrected chi connectivity index (χ2v) is 8.15. The molecule has 1 aromatic carbocycles. The summed E-state index contributed by atoms with van der Waals surface area (Å²) in [6, 6.07) is 12.3. The van der Waals surface area contributed by atoms with E-state index in [0.717, 1.165) is 6.42 Å². The van der Waals surface area contributed by atoms with Gasteiger partial charge in [0.25, 0.3) is 5.91 Å². The van der Waals surface area contributed by atoms with Gasteiger partial charge in [-0.3, -0.25) is 9.69 Å². The maximum absolute atomic E-state index is 12.7. The van der Waals surface area contributed by atoms with Crippen molar-refractivity contribution < 1.29 is 14.9 Å². The van der Waals surface area contributed by atoms with Gasteiger partial charge in [-0.25, -0.2) is 4.79 Å². The number of nitrogens with two attached hydrogens (primary N) is 1. The summed E-state index contributed by atoms with van der Waals surface area (Å²) in [4.78, 5) is 27.1. The van der Waals surface area contributed by atoms with Gasteiger partial charge in [-0.15, -0.1) is 11.3 Å². The van der Waals surface area contributed by atoms with E-state index in [1.54, 1.807) is 11.3 Å². The van der Waals surface area contributed by atoms with Crippen molar-refractivity contribution in [3.63, 3.8) is 0 Å². The molecule has 2 aromatic rings. The predicted molar refractivity (Wildman–Crippen MR) is 108 cm³/mol. The van der Waals surface area contributed by atoms with Crippen LogP contribution in [0.2, 0.25) is 0 Å². The van der Waals surface area contributed by atoms with Gasteiger partial charge in [-0.2, -0.15) is 0 Å². The van der Waals surface area contributed by atoms with E-state index >= 15 is 0 Å². The van der Waals surface area contributed by atoms with Crippen molar-refractivity contribution in [2.75, 3.05) is 13.1 Å². The second-order valence-electron chi connectivity index (χ2n) is 7.17. The van der Waals surface area contributed by atoms with Crippen LogP contribution in [0.1, 0.15) is 55.2 Å². The first-order valence-corrected chi connectivity index (χ1v) is 10.5. The van der Waals surface area contributed by atoms with Gasteiger partial charge in [-0.05, 0) is 36.3 Å². The van der Waals surface area contributed by atoms with Crippen molar-refractivity contribution in [1.29, 1.82) is 0 Å². The van der Waals surface area contributed by atoms with Gasteiger partial charge in [0.05, 0.1) is 4.88 Å². The normalized spacial score (nSPS) is 17.4. The molecule has 5 nitrogen and oxygen atoms in total. The number of carbonyl (C=O) groups is 2. The Kier molecular flexibility index (Phi) is 6.29. The summed E-state index contributed by atoms with van der Waals surface area (Å²) in [5.41, 5.74) is 2.51. The van der Waals surface area contributed by atoms with E-state index < -0.39 is 0 Å². The molecule has 3 amide bonds. The standard InChI is InChI=1S/C21H27N3O2S/c1-4-14(2)16-7-9-17(10-8-16)19(18-6-5-13-27-18)23-15(3)20(25)24-12-11-22-21(24)26/h5-10,13-15,19,23H,4,11-12H2,1-3H3,(H,22,26)/p+1/t14-,15+,19+/m1/s1. The Morgan fingerprint density at radius 3 is 2.48 bits per heavy atom. The molecule has 1 aliphatic rings. The number of carbonyl (C=O) groups excluding carboxylic acids is 2. The highest BCUT2D eigenvalue weighted by atomic mass is 32.1. The van der Waals surface area contributed by atoms with E-state index in [2.05, 4.69) is 60.2 Å². The molecule has 3 atom stereocenters. The average molecular weight is 387 g/mol. The van der Waals surface area contributed by atoms with Crippen molar-refractivity contribution in [3.8, 4) is 0 Å². The lowest BCUT2D eigenvalue weighted by atomic mass is 9.95. The van der Waals surface area contributed by atoms with Crippen LogP contribution in [0.25, 0.3) is 0 Å². The topological polar surface area (TPSA) is 66.0 Å². The highest BCUT2D eigenvalue weighted by Gasteiger charge is 2.34. The molecule has 0 aliphatic carbocycles. The van der Waals surface area contributed by atoms with Gasteiger partial charge in [0.1, 0.15) is 6.04 Å². The molecule has 0 radical (unpaired) electrons. The van der Waals surface area contributed by atoms with Crippen LogP contribution in [-0.4, -0.2) is 36.0 Å². The molecule has 0 saturated carbocycles. The van der Waals surface area contributed by atoms with Gasteiger partial charge in [0.2, 0.25) is 0 Å². The third-order valence-electron chi connectivity index (χ3n) is 5.32. The van der Waals surface area contributed by atoms with Gasteiger partial charge in [-0.1, -0.05) is 44.2 Å². The Hall–Kier alpha value is -2.18. The Bertz CT molecular complexity index is 773. The van der Waals surface area contributed by atoms with Crippen LogP contribution in [0.3, 0.4) is 0 Å². The highest BCUT2D eigenvalue weighted by Crippen LogP contribution is 2.25. The van der Waals surface area contributed by atoms with E-state index in [1.807, 2.05) is 13.0 Å². The zero-order valence-corrected chi connectivity index (χ0v) is 17.0. The van der Waals surface area contributed by atoms with E-state index in [9.17, 15) is 9.59 Å². The number of thiophene rings is 1. The molecule has 1 aliphatic heterocycles. The quantitative estimate of drug-likeness (QED) is 0.768. The zero-order chi connectivity index (χ0) is 19.4. The molecular weight excluding hydrogens is 358 g/mol. The van der Waals surface area contributed by atoms with Gasteiger partial charge in [0.15, 0.2) is 6.04 Å². The molecule has 1 fully saturated rings. The summed E-state index contributed by atoms with van der Waals surface area (Å²) in [7, 11) is 0. The lowest BCUT2D eigenvalue weighted by Crippen LogP contribution is -2.92. The van der Waals surface area contributed by atoms with Crippen LogP contribution in [0, 0.1) is 0 Å². The largest absolute Gasteiger partial charge is 0.336 e. The van der Waals surface area contributed by atoms with Gasteiger partial charge >= 0.3 is 6.03 Å². The average Bonchev–Trinajstić information content (AvgIpc) is 3.36. The van der Waals surface area contributed by atoms with Crippen molar-refractivity contribution >= 4 is 23.3 Å². The first-order chi connectivity index (χ1) is 13.0.